The fourth-order valence-corrected chi connectivity index (χ4v) is 5.29. The van der Waals surface area contributed by atoms with Crippen LogP contribution < -0.4 is 30.7 Å². The number of hydrogen-bond donors (Lipinski definition) is 4. The molecule has 3 aromatic rings. The fraction of sp³-hybridized carbons (Fsp3) is 0.484. The molecule has 1 unspecified atom stereocenters. The molecular weight excluding hydrogens is 566 g/mol. The molecule has 44 heavy (non-hydrogen) atoms. The summed E-state index contributed by atoms with van der Waals surface area (Å²) in [5.41, 5.74) is 0.555. The molecule has 3 heterocycles. The van der Waals surface area contributed by atoms with Gasteiger partial charge in [-0.1, -0.05) is 24.1 Å². The summed E-state index contributed by atoms with van der Waals surface area (Å²) in [4.78, 5) is 47.9. The topological polar surface area (TPSA) is 170 Å². The van der Waals surface area contributed by atoms with Crippen molar-refractivity contribution in [2.75, 3.05) is 39.9 Å². The first-order valence-electron chi connectivity index (χ1n) is 15.0. The van der Waals surface area contributed by atoms with E-state index in [1.165, 1.54) is 7.11 Å². The van der Waals surface area contributed by atoms with Crippen LogP contribution in [0, 0.1) is 11.3 Å². The van der Waals surface area contributed by atoms with E-state index in [1.54, 1.807) is 30.6 Å². The number of nitrogens with zero attached hydrogens (tertiary/aromatic N) is 3. The monoisotopic (exact) mass is 605 g/mol. The molecule has 13 heteroatoms. The van der Waals surface area contributed by atoms with E-state index in [1.807, 2.05) is 12.1 Å². The number of pyridine rings is 1. The minimum absolute atomic E-state index is 0.0320. The molecule has 1 aliphatic heterocycles. The van der Waals surface area contributed by atoms with Crippen LogP contribution in [0.3, 0.4) is 0 Å². The zero-order chi connectivity index (χ0) is 30.8. The van der Waals surface area contributed by atoms with Gasteiger partial charge in [-0.15, -0.1) is 0 Å². The number of aromatic nitrogens is 3. The number of rotatable bonds is 7. The second-order valence-corrected chi connectivity index (χ2v) is 11.3. The zero-order valence-corrected chi connectivity index (χ0v) is 24.9. The van der Waals surface area contributed by atoms with Crippen LogP contribution in [0.2, 0.25) is 0 Å². The van der Waals surface area contributed by atoms with Crippen molar-refractivity contribution in [3.05, 3.63) is 54.2 Å². The predicted molar refractivity (Wildman–Crippen MR) is 159 cm³/mol. The number of ether oxygens (including phenoxy) is 2. The Morgan fingerprint density at radius 3 is 2.82 bits per heavy atom. The third kappa shape index (κ3) is 8.53. The Bertz CT molecular complexity index is 1430. The first-order chi connectivity index (χ1) is 21.4. The predicted octanol–water partition coefficient (Wildman–Crippen LogP) is 1.78. The molecule has 1 aromatic carbocycles. The van der Waals surface area contributed by atoms with Gasteiger partial charge in [0.25, 0.3) is 5.91 Å². The average Bonchev–Trinajstić information content (AvgIpc) is 3.73. The lowest BCUT2D eigenvalue weighted by Gasteiger charge is -2.33. The van der Waals surface area contributed by atoms with Crippen LogP contribution in [0.4, 0.5) is 0 Å². The number of nitrogens with one attached hydrogen (secondary N) is 4. The summed E-state index contributed by atoms with van der Waals surface area (Å²) in [6.07, 6.45) is 7.22. The first kappa shape index (κ1) is 30.9. The number of hydrogen-bond acceptors (Lipinski definition) is 10. The highest BCUT2D eigenvalue weighted by Gasteiger charge is 2.43. The Morgan fingerprint density at radius 1 is 1.14 bits per heavy atom. The van der Waals surface area contributed by atoms with Gasteiger partial charge in [0.2, 0.25) is 23.5 Å². The van der Waals surface area contributed by atoms with Crippen molar-refractivity contribution >= 4 is 17.7 Å². The van der Waals surface area contributed by atoms with Gasteiger partial charge in [-0.05, 0) is 61.6 Å². The number of carbonyl (C=O) groups is 3. The molecule has 4 N–H and O–H groups in total. The van der Waals surface area contributed by atoms with E-state index in [4.69, 9.17) is 14.0 Å². The van der Waals surface area contributed by atoms with Gasteiger partial charge in [-0.2, -0.15) is 4.98 Å². The Labute approximate surface area is 255 Å². The summed E-state index contributed by atoms with van der Waals surface area (Å²) < 4.78 is 16.7. The van der Waals surface area contributed by atoms with Crippen molar-refractivity contribution in [1.82, 2.24) is 36.4 Å². The molecule has 1 fully saturated rings. The molecule has 1 atom stereocenters. The summed E-state index contributed by atoms with van der Waals surface area (Å²) in [5, 5.41) is 16.1. The van der Waals surface area contributed by atoms with Gasteiger partial charge in [-0.3, -0.25) is 19.4 Å². The molecule has 1 saturated carbocycles. The standard InChI is InChI=1S/C31H39N7O6/c1-42-24-9-8-22-14-25(24)43-19-27(40)34-13-12-32-10-3-5-26(39)36-20-31(16-22,15-21-6-7-21)30(41)35-18-28-37-29(38-44-28)23-4-2-11-33-17-23/h2,4,8-9,11,14,17,21,32H,3,5-7,10,12-13,15-16,18-20H2,1H3,(H,34,40)(H,35,41)(H,36,39). The summed E-state index contributed by atoms with van der Waals surface area (Å²) in [6.45, 7) is 1.66. The largest absolute Gasteiger partial charge is 0.493 e. The maximum atomic E-state index is 14.1. The van der Waals surface area contributed by atoms with E-state index in [-0.39, 0.29) is 43.3 Å². The molecule has 5 rings (SSSR count). The van der Waals surface area contributed by atoms with Gasteiger partial charge < -0.3 is 35.3 Å². The number of methoxy groups -OCH3 is 1. The van der Waals surface area contributed by atoms with E-state index in [2.05, 4.69) is 36.4 Å². The number of amides is 3. The second kappa shape index (κ2) is 14.8. The van der Waals surface area contributed by atoms with Crippen molar-refractivity contribution in [2.24, 2.45) is 11.3 Å². The molecule has 0 saturated heterocycles. The van der Waals surface area contributed by atoms with Crippen molar-refractivity contribution in [2.45, 2.75) is 45.1 Å². The van der Waals surface area contributed by atoms with E-state index in [9.17, 15) is 14.4 Å². The molecule has 1 aliphatic carbocycles. The Hall–Kier alpha value is -4.52. The molecule has 2 aromatic heterocycles. The molecule has 3 amide bonds. The van der Waals surface area contributed by atoms with Gasteiger partial charge in [-0.25, -0.2) is 0 Å². The first-order valence-corrected chi connectivity index (χ1v) is 15.0. The van der Waals surface area contributed by atoms with E-state index in [0.717, 1.165) is 18.4 Å². The highest BCUT2D eigenvalue weighted by Crippen LogP contribution is 2.43. The minimum atomic E-state index is -0.962. The van der Waals surface area contributed by atoms with Crippen LogP contribution in [-0.4, -0.2) is 72.7 Å². The lowest BCUT2D eigenvalue weighted by Crippen LogP contribution is -2.50. The van der Waals surface area contributed by atoms with E-state index >= 15 is 0 Å². The lowest BCUT2D eigenvalue weighted by atomic mass is 9.75. The summed E-state index contributed by atoms with van der Waals surface area (Å²) in [5.74, 6) is 1.29. The van der Waals surface area contributed by atoms with Crippen LogP contribution >= 0.6 is 0 Å². The van der Waals surface area contributed by atoms with Gasteiger partial charge in [0.15, 0.2) is 18.1 Å². The number of benzene rings is 1. The van der Waals surface area contributed by atoms with E-state index < -0.39 is 5.41 Å². The van der Waals surface area contributed by atoms with Crippen molar-refractivity contribution in [3.8, 4) is 22.9 Å². The maximum absolute atomic E-state index is 14.1. The molecule has 2 bridgehead atoms. The molecule has 0 radical (unpaired) electrons. The highest BCUT2D eigenvalue weighted by atomic mass is 16.5. The quantitative estimate of drug-likeness (QED) is 0.311. The molecule has 0 spiro atoms. The average molecular weight is 606 g/mol. The zero-order valence-electron chi connectivity index (χ0n) is 24.9. The Morgan fingerprint density at radius 2 is 2.02 bits per heavy atom. The van der Waals surface area contributed by atoms with Gasteiger partial charge in [0.1, 0.15) is 0 Å². The normalized spacial score (nSPS) is 20.3. The summed E-state index contributed by atoms with van der Waals surface area (Å²) in [6, 6.07) is 9.05. The van der Waals surface area contributed by atoms with E-state index in [0.29, 0.717) is 74.1 Å². The van der Waals surface area contributed by atoms with Crippen LogP contribution in [0.5, 0.6) is 11.5 Å². The summed E-state index contributed by atoms with van der Waals surface area (Å²) in [7, 11) is 1.53. The molecular formula is C31H39N7O6. The Balaban J connectivity index is 1.40. The molecule has 234 valence electrons. The Kier molecular flexibility index (Phi) is 10.4. The summed E-state index contributed by atoms with van der Waals surface area (Å²) >= 11 is 0. The van der Waals surface area contributed by atoms with Crippen LogP contribution in [0.25, 0.3) is 11.4 Å². The SMILES string of the molecule is COc1ccc2cc1OCC(=O)NCCNCCCC(=O)NCC(CC1CC1)(C(=O)NCc1nc(-c3cccnc3)no1)C2. The van der Waals surface area contributed by atoms with Gasteiger partial charge in [0.05, 0.1) is 19.1 Å². The van der Waals surface area contributed by atoms with Crippen molar-refractivity contribution < 1.29 is 28.4 Å². The van der Waals surface area contributed by atoms with Gasteiger partial charge in [0, 0.05) is 44.0 Å². The fourth-order valence-electron chi connectivity index (χ4n) is 5.29. The number of fused-ring (bicyclic) bond motifs is 2. The van der Waals surface area contributed by atoms with Crippen LogP contribution in [-0.2, 0) is 27.3 Å². The lowest BCUT2D eigenvalue weighted by molar-refractivity contribution is -0.132. The van der Waals surface area contributed by atoms with Crippen LogP contribution in [0.15, 0.2) is 47.2 Å². The highest BCUT2D eigenvalue weighted by molar-refractivity contribution is 5.84. The molecule has 13 nitrogen and oxygen atoms in total. The maximum Gasteiger partial charge on any atom is 0.257 e. The van der Waals surface area contributed by atoms with Crippen LogP contribution in [0.1, 0.15) is 43.6 Å². The third-order valence-corrected chi connectivity index (χ3v) is 7.78. The van der Waals surface area contributed by atoms with Gasteiger partial charge >= 0.3 is 0 Å². The second-order valence-electron chi connectivity index (χ2n) is 11.3. The van der Waals surface area contributed by atoms with Crippen molar-refractivity contribution in [1.29, 1.82) is 0 Å². The number of carbonyl (C=O) groups excluding carboxylic acids is 3. The third-order valence-electron chi connectivity index (χ3n) is 7.78. The molecule has 2 aliphatic rings. The van der Waals surface area contributed by atoms with Crippen molar-refractivity contribution in [3.63, 3.8) is 0 Å². The minimum Gasteiger partial charge on any atom is -0.493 e. The smallest absolute Gasteiger partial charge is 0.257 e.